The van der Waals surface area contributed by atoms with Crippen LogP contribution in [0.3, 0.4) is 0 Å². The molecule has 2 aliphatic heterocycles. The lowest BCUT2D eigenvalue weighted by atomic mass is 9.94. The fourth-order valence-electron chi connectivity index (χ4n) is 5.26. The van der Waals surface area contributed by atoms with Crippen molar-refractivity contribution in [2.45, 2.75) is 56.8 Å². The summed E-state index contributed by atoms with van der Waals surface area (Å²) in [6.07, 6.45) is 1.99. The minimum atomic E-state index is -4.42. The van der Waals surface area contributed by atoms with Gasteiger partial charge in [0.2, 0.25) is 5.91 Å². The van der Waals surface area contributed by atoms with Gasteiger partial charge in [-0.15, -0.1) is 0 Å². The lowest BCUT2D eigenvalue weighted by Gasteiger charge is -2.41. The number of carbonyl (C=O) groups is 2. The molecule has 4 rings (SSSR count). The number of hydrogen-bond acceptors (Lipinski definition) is 4. The summed E-state index contributed by atoms with van der Waals surface area (Å²) < 4.78 is 44.0. The quantitative estimate of drug-likeness (QED) is 0.698. The number of nitrogens with one attached hydrogen (secondary N) is 1. The van der Waals surface area contributed by atoms with Gasteiger partial charge in [-0.25, -0.2) is 0 Å². The molecule has 1 aliphatic carbocycles. The number of carbonyl (C=O) groups excluding carboxylic acids is 2. The van der Waals surface area contributed by atoms with E-state index >= 15 is 0 Å². The average Bonchev–Trinajstić information content (AvgIpc) is 3.52. The molecule has 182 valence electrons. The Hall–Kier alpha value is -2.13. The predicted octanol–water partition coefficient (Wildman–Crippen LogP) is 3.32. The maximum atomic E-state index is 13.2. The summed E-state index contributed by atoms with van der Waals surface area (Å²) in [4.78, 5) is 29.8. The van der Waals surface area contributed by atoms with Crippen molar-refractivity contribution in [3.63, 3.8) is 0 Å². The highest BCUT2D eigenvalue weighted by Crippen LogP contribution is 2.32. The molecule has 1 aromatic rings. The number of ether oxygens (including phenoxy) is 1. The summed E-state index contributed by atoms with van der Waals surface area (Å²) in [6.45, 7) is 3.32. The number of rotatable bonds is 6. The topological polar surface area (TPSA) is 61.9 Å². The van der Waals surface area contributed by atoms with Gasteiger partial charge < -0.3 is 15.0 Å². The van der Waals surface area contributed by atoms with Crippen molar-refractivity contribution >= 4 is 11.8 Å². The van der Waals surface area contributed by atoms with Gasteiger partial charge in [0.05, 0.1) is 17.7 Å². The second-order valence-electron chi connectivity index (χ2n) is 9.27. The number of benzene rings is 1. The van der Waals surface area contributed by atoms with Gasteiger partial charge in [-0.05, 0) is 55.9 Å². The van der Waals surface area contributed by atoms with Gasteiger partial charge in [0, 0.05) is 44.9 Å². The maximum absolute atomic E-state index is 13.2. The number of amides is 2. The first-order valence-electron chi connectivity index (χ1n) is 11.9. The monoisotopic (exact) mass is 467 g/mol. The Balaban J connectivity index is 1.35. The van der Waals surface area contributed by atoms with Crippen LogP contribution >= 0.6 is 0 Å². The van der Waals surface area contributed by atoms with E-state index in [0.29, 0.717) is 38.6 Å². The molecule has 2 heterocycles. The number of piperazine rings is 1. The molecule has 9 heteroatoms. The summed E-state index contributed by atoms with van der Waals surface area (Å²) in [6, 6.07) is 4.14. The molecule has 1 aromatic carbocycles. The van der Waals surface area contributed by atoms with E-state index in [0.717, 1.165) is 57.3 Å². The van der Waals surface area contributed by atoms with Crippen molar-refractivity contribution in [3.8, 4) is 0 Å². The van der Waals surface area contributed by atoms with Gasteiger partial charge in [-0.1, -0.05) is 12.8 Å². The largest absolute Gasteiger partial charge is 0.416 e. The van der Waals surface area contributed by atoms with E-state index < -0.39 is 11.7 Å². The van der Waals surface area contributed by atoms with Crippen molar-refractivity contribution in [3.05, 3.63) is 35.4 Å². The SMILES string of the molecule is O=C(NC[C@@H]1CCCO1)[C@@H](C1CCCC1)N1CCN(C(=O)c2ccc(C(F)(F)F)cc2)CC1. The van der Waals surface area contributed by atoms with Crippen molar-refractivity contribution in [1.29, 1.82) is 0 Å². The molecule has 0 bridgehead atoms. The van der Waals surface area contributed by atoms with E-state index in [1.165, 1.54) is 12.1 Å². The molecule has 1 saturated carbocycles. The second-order valence-corrected chi connectivity index (χ2v) is 9.27. The number of alkyl halides is 3. The number of nitrogens with zero attached hydrogens (tertiary/aromatic N) is 2. The van der Waals surface area contributed by atoms with Crippen molar-refractivity contribution < 1.29 is 27.5 Å². The van der Waals surface area contributed by atoms with E-state index in [-0.39, 0.29) is 29.5 Å². The van der Waals surface area contributed by atoms with E-state index in [2.05, 4.69) is 10.2 Å². The Labute approximate surface area is 192 Å². The van der Waals surface area contributed by atoms with Crippen LogP contribution < -0.4 is 5.32 Å². The molecule has 1 N–H and O–H groups in total. The van der Waals surface area contributed by atoms with E-state index in [1.54, 1.807) is 4.90 Å². The Bertz CT molecular complexity index is 810. The van der Waals surface area contributed by atoms with E-state index in [9.17, 15) is 22.8 Å². The molecule has 0 aromatic heterocycles. The van der Waals surface area contributed by atoms with E-state index in [1.807, 2.05) is 0 Å². The highest BCUT2D eigenvalue weighted by Gasteiger charge is 2.38. The zero-order valence-electron chi connectivity index (χ0n) is 18.8. The standard InChI is InChI=1S/C24H32F3N3O3/c25-24(26,27)19-9-7-18(8-10-19)23(32)30-13-11-29(12-14-30)21(17-4-1-2-5-17)22(31)28-16-20-6-3-15-33-20/h7-10,17,20-21H,1-6,11-16H2,(H,28,31)/t20-,21+/m0/s1. The van der Waals surface area contributed by atoms with Crippen LogP contribution in [-0.2, 0) is 15.7 Å². The third-order valence-electron chi connectivity index (χ3n) is 7.10. The van der Waals surface area contributed by atoms with Crippen LogP contribution in [0.25, 0.3) is 0 Å². The highest BCUT2D eigenvalue weighted by atomic mass is 19.4. The first-order valence-corrected chi connectivity index (χ1v) is 11.9. The Morgan fingerprint density at radius 3 is 2.24 bits per heavy atom. The van der Waals surface area contributed by atoms with Crippen LogP contribution in [0.1, 0.15) is 54.4 Å². The summed E-state index contributed by atoms with van der Waals surface area (Å²) in [7, 11) is 0. The van der Waals surface area contributed by atoms with Crippen molar-refractivity contribution in [1.82, 2.24) is 15.1 Å². The van der Waals surface area contributed by atoms with Crippen molar-refractivity contribution in [2.75, 3.05) is 39.3 Å². The molecule has 6 nitrogen and oxygen atoms in total. The van der Waals surface area contributed by atoms with Gasteiger partial charge in [-0.2, -0.15) is 13.2 Å². The predicted molar refractivity (Wildman–Crippen MR) is 117 cm³/mol. The first-order chi connectivity index (χ1) is 15.8. The van der Waals surface area contributed by atoms with Crippen molar-refractivity contribution in [2.24, 2.45) is 5.92 Å². The van der Waals surface area contributed by atoms with Gasteiger partial charge in [0.15, 0.2) is 0 Å². The van der Waals surface area contributed by atoms with Gasteiger partial charge in [-0.3, -0.25) is 14.5 Å². The van der Waals surface area contributed by atoms with Crippen LogP contribution in [0.2, 0.25) is 0 Å². The molecular formula is C24H32F3N3O3. The summed E-state index contributed by atoms with van der Waals surface area (Å²) in [5.74, 6) is 0.0789. The Morgan fingerprint density at radius 2 is 1.67 bits per heavy atom. The van der Waals surface area contributed by atoms with Crippen LogP contribution in [0.15, 0.2) is 24.3 Å². The van der Waals surface area contributed by atoms with Gasteiger partial charge in [0.25, 0.3) is 5.91 Å². The normalized spacial score (nSPS) is 23.6. The minimum Gasteiger partial charge on any atom is -0.376 e. The Kier molecular flexibility index (Phi) is 7.58. The number of hydrogen-bond donors (Lipinski definition) is 1. The lowest BCUT2D eigenvalue weighted by Crippen LogP contribution is -2.58. The molecule has 0 spiro atoms. The smallest absolute Gasteiger partial charge is 0.376 e. The number of halogens is 3. The van der Waals surface area contributed by atoms with Crippen LogP contribution in [0, 0.1) is 5.92 Å². The fourth-order valence-corrected chi connectivity index (χ4v) is 5.26. The third kappa shape index (κ3) is 5.87. The molecule has 3 aliphatic rings. The molecule has 2 atom stereocenters. The molecule has 0 radical (unpaired) electrons. The first kappa shape index (κ1) is 24.0. The summed E-state index contributed by atoms with van der Waals surface area (Å²) >= 11 is 0. The van der Waals surface area contributed by atoms with Crippen LogP contribution in [0.5, 0.6) is 0 Å². The second kappa shape index (κ2) is 10.4. The fraction of sp³-hybridized carbons (Fsp3) is 0.667. The third-order valence-corrected chi connectivity index (χ3v) is 7.10. The average molecular weight is 468 g/mol. The van der Waals surface area contributed by atoms with Gasteiger partial charge in [0.1, 0.15) is 0 Å². The van der Waals surface area contributed by atoms with Gasteiger partial charge >= 0.3 is 6.18 Å². The molecule has 2 amide bonds. The zero-order chi connectivity index (χ0) is 23.4. The minimum absolute atomic E-state index is 0.0416. The summed E-state index contributed by atoms with van der Waals surface area (Å²) in [5, 5.41) is 3.10. The maximum Gasteiger partial charge on any atom is 0.416 e. The highest BCUT2D eigenvalue weighted by molar-refractivity contribution is 5.94. The lowest BCUT2D eigenvalue weighted by molar-refractivity contribution is -0.137. The molecule has 0 unspecified atom stereocenters. The van der Waals surface area contributed by atoms with Crippen LogP contribution in [0.4, 0.5) is 13.2 Å². The summed E-state index contributed by atoms with van der Waals surface area (Å²) in [5.41, 5.74) is -0.518. The molecule has 2 saturated heterocycles. The molecule has 3 fully saturated rings. The van der Waals surface area contributed by atoms with E-state index in [4.69, 9.17) is 4.74 Å². The molecule has 33 heavy (non-hydrogen) atoms. The molecular weight excluding hydrogens is 435 g/mol. The zero-order valence-corrected chi connectivity index (χ0v) is 18.8. The van der Waals surface area contributed by atoms with Crippen LogP contribution in [-0.4, -0.2) is 73.1 Å². The Morgan fingerprint density at radius 1 is 1.00 bits per heavy atom.